The van der Waals surface area contributed by atoms with E-state index in [0.29, 0.717) is 18.4 Å². The molecule has 168 valence electrons. The first-order valence-corrected chi connectivity index (χ1v) is 11.9. The number of aryl methyl sites for hydroxylation is 2. The molecule has 1 aromatic heterocycles. The number of carbonyl (C=O) groups is 1. The van der Waals surface area contributed by atoms with Gasteiger partial charge in [-0.3, -0.25) is 9.47 Å². The second kappa shape index (κ2) is 7.49. The van der Waals surface area contributed by atoms with Gasteiger partial charge in [0.2, 0.25) is 10.0 Å². The highest BCUT2D eigenvalue weighted by atomic mass is 32.2. The van der Waals surface area contributed by atoms with Gasteiger partial charge < -0.3 is 9.15 Å². The van der Waals surface area contributed by atoms with Gasteiger partial charge in [-0.05, 0) is 37.5 Å². The Morgan fingerprint density at radius 2 is 1.81 bits per heavy atom. The molecule has 3 aromatic rings. The zero-order valence-corrected chi connectivity index (χ0v) is 18.6. The van der Waals surface area contributed by atoms with E-state index < -0.39 is 21.9 Å². The third-order valence-corrected chi connectivity index (χ3v) is 8.19. The maximum absolute atomic E-state index is 13.2. The molecule has 0 radical (unpaired) electrons. The number of nitrogens with zero attached hydrogens (tertiary/aromatic N) is 3. The molecule has 2 aromatic carbocycles. The number of fused-ring (bicyclic) bond motifs is 2. The molecule has 32 heavy (non-hydrogen) atoms. The summed E-state index contributed by atoms with van der Waals surface area (Å²) in [6, 6.07) is 10.1. The predicted octanol–water partition coefficient (Wildman–Crippen LogP) is 2.75. The van der Waals surface area contributed by atoms with Gasteiger partial charge in [-0.2, -0.15) is 4.31 Å². The highest BCUT2D eigenvalue weighted by Gasteiger charge is 2.37. The molecule has 0 N–H and O–H groups in total. The molecule has 0 unspecified atom stereocenters. The number of benzene rings is 2. The first-order valence-electron chi connectivity index (χ1n) is 10.4. The number of para-hydroxylation sites is 1. The van der Waals surface area contributed by atoms with Gasteiger partial charge in [0.25, 0.3) is 0 Å². The van der Waals surface area contributed by atoms with Gasteiger partial charge in [-0.25, -0.2) is 18.0 Å². The molecule has 0 aliphatic carbocycles. The molecule has 0 bridgehead atoms. The summed E-state index contributed by atoms with van der Waals surface area (Å²) >= 11 is 0. The van der Waals surface area contributed by atoms with Gasteiger partial charge >= 0.3 is 11.8 Å². The van der Waals surface area contributed by atoms with Crippen LogP contribution in [0.5, 0.6) is 0 Å². The van der Waals surface area contributed by atoms with E-state index in [0.717, 1.165) is 16.8 Å². The quantitative estimate of drug-likeness (QED) is 0.599. The Hall–Kier alpha value is -3.11. The Bertz CT molecular complexity index is 1380. The average molecular weight is 458 g/mol. The van der Waals surface area contributed by atoms with Crippen LogP contribution in [0.3, 0.4) is 0 Å². The molecular formula is C22H23N3O6S. The van der Waals surface area contributed by atoms with Crippen LogP contribution in [-0.2, 0) is 28.4 Å². The summed E-state index contributed by atoms with van der Waals surface area (Å²) in [4.78, 5) is 26.1. The lowest BCUT2D eigenvalue weighted by molar-refractivity contribution is 0.135. The van der Waals surface area contributed by atoms with E-state index in [1.54, 1.807) is 18.0 Å². The summed E-state index contributed by atoms with van der Waals surface area (Å²) in [5, 5.41) is 0. The molecule has 2 aliphatic rings. The number of oxazole rings is 1. The van der Waals surface area contributed by atoms with Crippen LogP contribution in [0.4, 0.5) is 10.5 Å². The molecule has 2 aliphatic heterocycles. The lowest BCUT2D eigenvalue weighted by Gasteiger charge is -2.40. The lowest BCUT2D eigenvalue weighted by Crippen LogP contribution is -2.50. The Morgan fingerprint density at radius 3 is 2.56 bits per heavy atom. The van der Waals surface area contributed by atoms with Crippen LogP contribution in [-0.4, -0.2) is 42.5 Å². The Balaban J connectivity index is 1.38. The van der Waals surface area contributed by atoms with Crippen molar-refractivity contribution in [1.29, 1.82) is 0 Å². The number of hydrogen-bond donors (Lipinski definition) is 0. The van der Waals surface area contributed by atoms with Crippen molar-refractivity contribution in [3.63, 3.8) is 0 Å². The molecule has 0 saturated carbocycles. The Labute approximate surface area is 184 Å². The zero-order valence-electron chi connectivity index (χ0n) is 17.8. The standard InChI is InChI=1S/C22H23N3O6S/c1-14-4-3-5-15-13-30-22(27)25(20(14)15)16-8-10-24(11-9-16)32(28,29)17-6-7-18-19(12-17)31-21(26)23(18)2/h3-7,12,16H,8-11,13H2,1-2H3. The van der Waals surface area contributed by atoms with Crippen molar-refractivity contribution in [3.05, 3.63) is 58.1 Å². The largest absolute Gasteiger partial charge is 0.444 e. The number of ether oxygens (including phenoxy) is 1. The number of anilines is 1. The molecule has 0 spiro atoms. The summed E-state index contributed by atoms with van der Waals surface area (Å²) in [6.45, 7) is 2.75. The summed E-state index contributed by atoms with van der Waals surface area (Å²) in [6.07, 6.45) is 0.591. The van der Waals surface area contributed by atoms with Crippen LogP contribution in [0.15, 0.2) is 50.5 Å². The maximum Gasteiger partial charge on any atom is 0.419 e. The van der Waals surface area contributed by atoms with Crippen LogP contribution in [0, 0.1) is 6.92 Å². The fourth-order valence-corrected chi connectivity index (χ4v) is 6.06. The van der Waals surface area contributed by atoms with Crippen LogP contribution in [0.25, 0.3) is 11.1 Å². The minimum atomic E-state index is -3.77. The van der Waals surface area contributed by atoms with E-state index in [4.69, 9.17) is 9.15 Å². The number of carbonyl (C=O) groups excluding carboxylic acids is 1. The molecule has 1 saturated heterocycles. The van der Waals surface area contributed by atoms with E-state index in [-0.39, 0.29) is 36.2 Å². The van der Waals surface area contributed by atoms with Crippen molar-refractivity contribution < 1.29 is 22.4 Å². The van der Waals surface area contributed by atoms with E-state index in [2.05, 4.69) is 0 Å². The number of piperidine rings is 1. The first-order chi connectivity index (χ1) is 15.3. The number of hydrogen-bond acceptors (Lipinski definition) is 6. The molecule has 9 nitrogen and oxygen atoms in total. The number of aromatic nitrogens is 1. The van der Waals surface area contributed by atoms with Gasteiger partial charge in [0, 0.05) is 37.8 Å². The summed E-state index contributed by atoms with van der Waals surface area (Å²) in [5.74, 6) is -0.542. The SMILES string of the molecule is Cc1cccc2c1N(C1CCN(S(=O)(=O)c3ccc4c(c3)oc(=O)n4C)CC1)C(=O)OC2. The van der Waals surface area contributed by atoms with Crippen LogP contribution in [0.2, 0.25) is 0 Å². The maximum atomic E-state index is 13.2. The van der Waals surface area contributed by atoms with Crippen molar-refractivity contribution in [2.45, 2.75) is 37.3 Å². The number of rotatable bonds is 3. The van der Waals surface area contributed by atoms with Crippen molar-refractivity contribution in [2.24, 2.45) is 7.05 Å². The topological polar surface area (TPSA) is 102 Å². The van der Waals surface area contributed by atoms with Gasteiger partial charge in [-0.1, -0.05) is 18.2 Å². The van der Waals surface area contributed by atoms with Gasteiger partial charge in [0.05, 0.1) is 16.1 Å². The van der Waals surface area contributed by atoms with Crippen LogP contribution in [0.1, 0.15) is 24.0 Å². The average Bonchev–Trinajstić information content (AvgIpc) is 3.07. The van der Waals surface area contributed by atoms with E-state index in [9.17, 15) is 18.0 Å². The number of sulfonamides is 1. The molecular weight excluding hydrogens is 434 g/mol. The minimum Gasteiger partial charge on any atom is -0.444 e. The van der Waals surface area contributed by atoms with Gasteiger partial charge in [-0.15, -0.1) is 0 Å². The fourth-order valence-electron chi connectivity index (χ4n) is 4.58. The predicted molar refractivity (Wildman–Crippen MR) is 117 cm³/mol. The smallest absolute Gasteiger partial charge is 0.419 e. The van der Waals surface area contributed by atoms with Gasteiger partial charge in [0.15, 0.2) is 5.58 Å². The summed E-state index contributed by atoms with van der Waals surface area (Å²) in [7, 11) is -2.20. The highest BCUT2D eigenvalue weighted by Crippen LogP contribution is 2.35. The molecule has 10 heteroatoms. The van der Waals surface area contributed by atoms with Crippen molar-refractivity contribution in [2.75, 3.05) is 18.0 Å². The second-order valence-electron chi connectivity index (χ2n) is 8.20. The first kappa shape index (κ1) is 20.8. The highest BCUT2D eigenvalue weighted by molar-refractivity contribution is 7.89. The second-order valence-corrected chi connectivity index (χ2v) is 10.1. The summed E-state index contributed by atoms with van der Waals surface area (Å²) < 4.78 is 39.7. The normalized spacial score (nSPS) is 18.1. The molecule has 1 fully saturated rings. The molecule has 0 atom stereocenters. The fraction of sp³-hybridized carbons (Fsp3) is 0.364. The van der Waals surface area contributed by atoms with Crippen molar-refractivity contribution in [1.82, 2.24) is 8.87 Å². The third kappa shape index (κ3) is 3.21. The third-order valence-electron chi connectivity index (χ3n) is 6.30. The van der Waals surface area contributed by atoms with Crippen molar-refractivity contribution >= 4 is 32.9 Å². The van der Waals surface area contributed by atoms with Crippen LogP contribution < -0.4 is 10.7 Å². The van der Waals surface area contributed by atoms with Crippen molar-refractivity contribution in [3.8, 4) is 0 Å². The summed E-state index contributed by atoms with van der Waals surface area (Å²) in [5.41, 5.74) is 3.58. The molecule has 1 amide bonds. The van der Waals surface area contributed by atoms with Crippen LogP contribution >= 0.6 is 0 Å². The van der Waals surface area contributed by atoms with E-state index >= 15 is 0 Å². The Kier molecular flexibility index (Phi) is 4.86. The Morgan fingerprint density at radius 1 is 1.06 bits per heavy atom. The van der Waals surface area contributed by atoms with Gasteiger partial charge in [0.1, 0.15) is 6.61 Å². The number of cyclic esters (lactones) is 1. The minimum absolute atomic E-state index is 0.0800. The van der Waals surface area contributed by atoms with E-state index in [1.807, 2.05) is 25.1 Å². The lowest BCUT2D eigenvalue weighted by atomic mass is 10.00. The monoisotopic (exact) mass is 457 g/mol. The molecule has 3 heterocycles. The van der Waals surface area contributed by atoms with E-state index in [1.165, 1.54) is 21.0 Å². The molecule has 5 rings (SSSR count). The zero-order chi connectivity index (χ0) is 22.6. The number of amides is 1.